The Labute approximate surface area is 74.4 Å². The van der Waals surface area contributed by atoms with Crippen LogP contribution in [0, 0.1) is 0 Å². The first-order valence-electron chi connectivity index (χ1n) is 3.53. The normalized spacial score (nSPS) is 14.0. The summed E-state index contributed by atoms with van der Waals surface area (Å²) < 4.78 is 0. The van der Waals surface area contributed by atoms with Crippen molar-refractivity contribution >= 4 is 0 Å². The van der Waals surface area contributed by atoms with Gasteiger partial charge in [0.1, 0.15) is 0 Å². The first kappa shape index (κ1) is 7.94. The summed E-state index contributed by atoms with van der Waals surface area (Å²) in [6.07, 6.45) is 3.96. The van der Waals surface area contributed by atoms with Gasteiger partial charge in [-0.3, -0.25) is 0 Å². The summed E-state index contributed by atoms with van der Waals surface area (Å²) in [7, 11) is 0. The maximum Gasteiger partial charge on any atom is 0 e. The summed E-state index contributed by atoms with van der Waals surface area (Å²) in [6, 6.07) is 8.74. The van der Waals surface area contributed by atoms with Gasteiger partial charge < -0.3 is 0 Å². The fraction of sp³-hybridized carbons (Fsp3) is 0.333. The Morgan fingerprint density at radius 1 is 0.900 bits per heavy atom. The number of rotatable bonds is 0. The van der Waals surface area contributed by atoms with Gasteiger partial charge in [0.2, 0.25) is 0 Å². The number of aryl methyl sites for hydroxylation is 2. The molecule has 0 heterocycles. The topological polar surface area (TPSA) is 0 Å². The average molecular weight is 184 g/mol. The third-order valence-corrected chi connectivity index (χ3v) is 2.01. The summed E-state index contributed by atoms with van der Waals surface area (Å²) in [6.45, 7) is 0. The molecule has 0 nitrogen and oxygen atoms in total. The molecule has 0 amide bonds. The van der Waals surface area contributed by atoms with Gasteiger partial charge in [0, 0.05) is 19.5 Å². The van der Waals surface area contributed by atoms with Crippen LogP contribution in [0.5, 0.6) is 0 Å². The van der Waals surface area contributed by atoms with E-state index in [1.807, 2.05) is 0 Å². The molecule has 0 N–H and O–H groups in total. The van der Waals surface area contributed by atoms with E-state index in [1.54, 1.807) is 11.1 Å². The first-order valence-corrected chi connectivity index (χ1v) is 3.53. The molecule has 1 heteroatoms. The van der Waals surface area contributed by atoms with Gasteiger partial charge in [-0.05, 0) is 30.4 Å². The molecule has 0 atom stereocenters. The molecule has 0 unspecified atom stereocenters. The third kappa shape index (κ3) is 1.29. The predicted octanol–water partition coefficient (Wildman–Crippen LogP) is 2.17. The van der Waals surface area contributed by atoms with Crippen LogP contribution in [-0.2, 0) is 32.3 Å². The number of benzene rings is 1. The van der Waals surface area contributed by atoms with Gasteiger partial charge in [-0.1, -0.05) is 24.3 Å². The summed E-state index contributed by atoms with van der Waals surface area (Å²) in [5.41, 5.74) is 3.13. The zero-order chi connectivity index (χ0) is 6.10. The van der Waals surface area contributed by atoms with Crippen molar-refractivity contribution in [3.8, 4) is 0 Å². The molecular formula is C9H10Zn. The van der Waals surface area contributed by atoms with Gasteiger partial charge in [-0.25, -0.2) is 0 Å². The van der Waals surface area contributed by atoms with Gasteiger partial charge in [0.15, 0.2) is 0 Å². The molecule has 0 aliphatic heterocycles. The van der Waals surface area contributed by atoms with E-state index in [0.717, 1.165) is 0 Å². The minimum absolute atomic E-state index is 0. The van der Waals surface area contributed by atoms with Crippen LogP contribution >= 0.6 is 0 Å². The molecule has 0 saturated heterocycles. The first-order chi connectivity index (χ1) is 4.47. The number of hydrogen-bond donors (Lipinski definition) is 0. The minimum atomic E-state index is 0. The molecule has 10 heavy (non-hydrogen) atoms. The maximum absolute atomic E-state index is 2.24. The molecule has 1 aliphatic carbocycles. The fourth-order valence-corrected chi connectivity index (χ4v) is 1.51. The van der Waals surface area contributed by atoms with E-state index in [4.69, 9.17) is 0 Å². The fourth-order valence-electron chi connectivity index (χ4n) is 1.51. The Hall–Kier alpha value is -0.157. The van der Waals surface area contributed by atoms with E-state index in [1.165, 1.54) is 19.3 Å². The van der Waals surface area contributed by atoms with Crippen molar-refractivity contribution in [2.45, 2.75) is 19.3 Å². The standard InChI is InChI=1S/C9H10.Zn/c1-2-5-9-7-3-6-8(9)4-1;/h1-2,4-5H,3,6-7H2;. The van der Waals surface area contributed by atoms with E-state index in [0.29, 0.717) is 0 Å². The molecule has 0 fully saturated rings. The van der Waals surface area contributed by atoms with Gasteiger partial charge in [0.25, 0.3) is 0 Å². The van der Waals surface area contributed by atoms with E-state index < -0.39 is 0 Å². The molecule has 1 aliphatic rings. The summed E-state index contributed by atoms with van der Waals surface area (Å²) >= 11 is 0. The van der Waals surface area contributed by atoms with Crippen LogP contribution in [0.25, 0.3) is 0 Å². The zero-order valence-corrected chi connectivity index (χ0v) is 9.10. The third-order valence-electron chi connectivity index (χ3n) is 2.01. The Kier molecular flexibility index (Phi) is 2.62. The second-order valence-corrected chi connectivity index (χ2v) is 2.62. The second kappa shape index (κ2) is 3.30. The molecule has 0 spiro atoms. The molecule has 0 aromatic heterocycles. The van der Waals surface area contributed by atoms with Crippen LogP contribution in [0.3, 0.4) is 0 Å². The number of hydrogen-bond acceptors (Lipinski definition) is 0. The quantitative estimate of drug-likeness (QED) is 0.541. The largest absolute Gasteiger partial charge is 0.0620 e. The average Bonchev–Trinajstić information content (AvgIpc) is 2.33. The summed E-state index contributed by atoms with van der Waals surface area (Å²) in [5.74, 6) is 0. The molecule has 2 rings (SSSR count). The molecule has 0 bridgehead atoms. The van der Waals surface area contributed by atoms with Crippen LogP contribution in [0.2, 0.25) is 0 Å². The van der Waals surface area contributed by atoms with Crippen LogP contribution in [0.4, 0.5) is 0 Å². The Morgan fingerprint density at radius 3 is 1.90 bits per heavy atom. The van der Waals surface area contributed by atoms with E-state index >= 15 is 0 Å². The van der Waals surface area contributed by atoms with Crippen molar-refractivity contribution in [2.24, 2.45) is 0 Å². The van der Waals surface area contributed by atoms with Gasteiger partial charge in [-0.15, -0.1) is 0 Å². The molecule has 0 radical (unpaired) electrons. The number of fused-ring (bicyclic) bond motifs is 1. The summed E-state index contributed by atoms with van der Waals surface area (Å²) in [5, 5.41) is 0. The molecule has 1 aromatic rings. The monoisotopic (exact) mass is 182 g/mol. The van der Waals surface area contributed by atoms with Crippen molar-refractivity contribution in [3.63, 3.8) is 0 Å². The Morgan fingerprint density at radius 2 is 1.40 bits per heavy atom. The van der Waals surface area contributed by atoms with Crippen molar-refractivity contribution in [1.29, 1.82) is 0 Å². The van der Waals surface area contributed by atoms with Crippen molar-refractivity contribution in [3.05, 3.63) is 35.4 Å². The zero-order valence-electron chi connectivity index (χ0n) is 6.14. The van der Waals surface area contributed by atoms with Gasteiger partial charge in [0.05, 0.1) is 0 Å². The SMILES string of the molecule is [Zn].c1ccc2c(c1)CCC2. The van der Waals surface area contributed by atoms with E-state index in [9.17, 15) is 0 Å². The van der Waals surface area contributed by atoms with Crippen LogP contribution in [0.1, 0.15) is 17.5 Å². The maximum atomic E-state index is 2.24. The molecular weight excluding hydrogens is 173 g/mol. The summed E-state index contributed by atoms with van der Waals surface area (Å²) in [4.78, 5) is 0. The van der Waals surface area contributed by atoms with Crippen molar-refractivity contribution < 1.29 is 19.5 Å². The van der Waals surface area contributed by atoms with Crippen LogP contribution in [0.15, 0.2) is 24.3 Å². The van der Waals surface area contributed by atoms with Gasteiger partial charge >= 0.3 is 0 Å². The Balaban J connectivity index is 0.000000500. The smallest absolute Gasteiger partial charge is 0 e. The predicted molar refractivity (Wildman–Crippen MR) is 38.5 cm³/mol. The van der Waals surface area contributed by atoms with Crippen molar-refractivity contribution in [1.82, 2.24) is 0 Å². The van der Waals surface area contributed by atoms with E-state index in [-0.39, 0.29) is 19.5 Å². The molecule has 48 valence electrons. The van der Waals surface area contributed by atoms with E-state index in [2.05, 4.69) is 24.3 Å². The Bertz CT molecular complexity index is 195. The second-order valence-electron chi connectivity index (χ2n) is 2.62. The van der Waals surface area contributed by atoms with Crippen LogP contribution in [-0.4, -0.2) is 0 Å². The van der Waals surface area contributed by atoms with Crippen LogP contribution < -0.4 is 0 Å². The van der Waals surface area contributed by atoms with Crippen molar-refractivity contribution in [2.75, 3.05) is 0 Å². The minimum Gasteiger partial charge on any atom is -0.0620 e. The van der Waals surface area contributed by atoms with Gasteiger partial charge in [-0.2, -0.15) is 0 Å². The molecule has 1 aromatic carbocycles. The molecule has 0 saturated carbocycles.